The van der Waals surface area contributed by atoms with Crippen LogP contribution in [-0.2, 0) is 22.7 Å². The van der Waals surface area contributed by atoms with Crippen molar-refractivity contribution in [3.63, 3.8) is 0 Å². The maximum atomic E-state index is 11.5. The lowest BCUT2D eigenvalue weighted by Crippen LogP contribution is -2.28. The van der Waals surface area contributed by atoms with E-state index in [0.29, 0.717) is 24.2 Å². The summed E-state index contributed by atoms with van der Waals surface area (Å²) in [5, 5.41) is 8.24. The van der Waals surface area contributed by atoms with Gasteiger partial charge in [0.05, 0.1) is 0 Å². The minimum absolute atomic E-state index is 0.0742. The summed E-state index contributed by atoms with van der Waals surface area (Å²) in [6.45, 7) is 15.6. The maximum absolute atomic E-state index is 11.5. The minimum atomic E-state index is -0.0742. The molecular weight excluding hydrogens is 424 g/mol. The third-order valence-electron chi connectivity index (χ3n) is 5.65. The van der Waals surface area contributed by atoms with Gasteiger partial charge in [0.25, 0.3) is 0 Å². The molecule has 0 aromatic heterocycles. The van der Waals surface area contributed by atoms with E-state index >= 15 is 0 Å². The molecule has 0 aliphatic rings. The van der Waals surface area contributed by atoms with Crippen molar-refractivity contribution in [2.75, 3.05) is 40.3 Å². The summed E-state index contributed by atoms with van der Waals surface area (Å²) in [6, 6.07) is 13.3. The van der Waals surface area contributed by atoms with Crippen LogP contribution in [0.4, 0.5) is 0 Å². The van der Waals surface area contributed by atoms with Gasteiger partial charge >= 0.3 is 0 Å². The van der Waals surface area contributed by atoms with Crippen LogP contribution >= 0.6 is 0 Å². The fourth-order valence-corrected chi connectivity index (χ4v) is 3.73. The number of fused-ring (bicyclic) bond motifs is 1. The van der Waals surface area contributed by atoms with Crippen molar-refractivity contribution in [3.8, 4) is 0 Å². The molecule has 2 amide bonds. The molecule has 0 bridgehead atoms. The molecule has 34 heavy (non-hydrogen) atoms. The van der Waals surface area contributed by atoms with Gasteiger partial charge in [-0.1, -0.05) is 37.4 Å². The Kier molecular flexibility index (Phi) is 11.0. The molecule has 0 saturated carbocycles. The smallest absolute Gasteiger partial charge is 0.246 e. The highest BCUT2D eigenvalue weighted by atomic mass is 16.2. The summed E-state index contributed by atoms with van der Waals surface area (Å²) in [7, 11) is 4.21. The van der Waals surface area contributed by atoms with E-state index in [-0.39, 0.29) is 11.8 Å². The van der Waals surface area contributed by atoms with Crippen molar-refractivity contribution < 1.29 is 9.59 Å². The SMILES string of the molecule is C=C(C)C(=O)NCCCN(C)Cc1ccc2cc(CN(C)CCCNC(=O)C(=C)C)ccc2c1. The van der Waals surface area contributed by atoms with Crippen LogP contribution in [0, 0.1) is 0 Å². The largest absolute Gasteiger partial charge is 0.352 e. The summed E-state index contributed by atoms with van der Waals surface area (Å²) in [5.74, 6) is -0.148. The molecule has 0 aliphatic heterocycles. The summed E-state index contributed by atoms with van der Waals surface area (Å²) in [6.07, 6.45) is 1.81. The number of amides is 2. The summed E-state index contributed by atoms with van der Waals surface area (Å²) in [4.78, 5) is 27.6. The number of rotatable bonds is 14. The number of carbonyl (C=O) groups is 2. The van der Waals surface area contributed by atoms with Gasteiger partial charge in [-0.2, -0.15) is 0 Å². The fraction of sp³-hybridized carbons (Fsp3) is 0.429. The number of hydrogen-bond donors (Lipinski definition) is 2. The number of benzene rings is 2. The van der Waals surface area contributed by atoms with Crippen molar-refractivity contribution in [1.29, 1.82) is 0 Å². The highest BCUT2D eigenvalue weighted by Crippen LogP contribution is 2.20. The standard InChI is InChI=1S/C28H40N4O2/c1-21(2)27(33)29-13-7-15-31(5)19-23-9-11-26-18-24(10-12-25(26)17-23)20-32(6)16-8-14-30-28(34)22(3)4/h9-12,17-18H,1,3,7-8,13-16,19-20H2,2,4-6H3,(H,29,33)(H,30,34). The van der Waals surface area contributed by atoms with Crippen LogP contribution in [0.1, 0.15) is 37.8 Å². The number of carbonyl (C=O) groups excluding carboxylic acids is 2. The van der Waals surface area contributed by atoms with Gasteiger partial charge in [-0.25, -0.2) is 0 Å². The quantitative estimate of drug-likeness (QED) is 0.329. The Hall–Kier alpha value is -2.96. The van der Waals surface area contributed by atoms with Crippen LogP contribution in [0.5, 0.6) is 0 Å². The Morgan fingerprint density at radius 1 is 0.735 bits per heavy atom. The van der Waals surface area contributed by atoms with E-state index in [9.17, 15) is 9.59 Å². The van der Waals surface area contributed by atoms with Gasteiger partial charge in [-0.3, -0.25) is 9.59 Å². The molecule has 0 unspecified atom stereocenters. The first-order valence-corrected chi connectivity index (χ1v) is 11.9. The topological polar surface area (TPSA) is 64.7 Å². The van der Waals surface area contributed by atoms with Crippen LogP contribution < -0.4 is 10.6 Å². The minimum Gasteiger partial charge on any atom is -0.352 e. The number of nitrogens with one attached hydrogen (secondary N) is 2. The highest BCUT2D eigenvalue weighted by Gasteiger charge is 2.06. The molecule has 2 N–H and O–H groups in total. The van der Waals surface area contributed by atoms with E-state index < -0.39 is 0 Å². The van der Waals surface area contributed by atoms with Crippen molar-refractivity contribution in [2.45, 2.75) is 39.8 Å². The first kappa shape index (κ1) is 27.3. The number of hydrogen-bond acceptors (Lipinski definition) is 4. The summed E-state index contributed by atoms with van der Waals surface area (Å²) >= 11 is 0. The van der Waals surface area contributed by atoms with E-state index in [1.807, 2.05) is 0 Å². The molecule has 0 atom stereocenters. The Balaban J connectivity index is 1.80. The maximum Gasteiger partial charge on any atom is 0.246 e. The van der Waals surface area contributed by atoms with Crippen molar-refractivity contribution >= 4 is 22.6 Å². The highest BCUT2D eigenvalue weighted by molar-refractivity contribution is 5.92. The lowest BCUT2D eigenvalue weighted by Gasteiger charge is -2.18. The predicted molar refractivity (Wildman–Crippen MR) is 141 cm³/mol. The zero-order valence-corrected chi connectivity index (χ0v) is 21.2. The van der Waals surface area contributed by atoms with Gasteiger partial charge in [0.2, 0.25) is 11.8 Å². The van der Waals surface area contributed by atoms with Crippen molar-refractivity contribution in [2.24, 2.45) is 0 Å². The molecule has 0 saturated heterocycles. The molecule has 0 radical (unpaired) electrons. The Morgan fingerprint density at radius 2 is 1.12 bits per heavy atom. The molecule has 2 aromatic rings. The molecular formula is C28H40N4O2. The van der Waals surface area contributed by atoms with E-state index in [0.717, 1.165) is 39.0 Å². The van der Waals surface area contributed by atoms with E-state index in [1.54, 1.807) is 13.8 Å². The molecule has 0 fully saturated rings. The van der Waals surface area contributed by atoms with Gasteiger partial charge in [-0.15, -0.1) is 0 Å². The van der Waals surface area contributed by atoms with Crippen LogP contribution in [0.3, 0.4) is 0 Å². The van der Waals surface area contributed by atoms with Crippen molar-refractivity contribution in [3.05, 3.63) is 71.8 Å². The van der Waals surface area contributed by atoms with Gasteiger partial charge in [0.15, 0.2) is 0 Å². The van der Waals surface area contributed by atoms with Gasteiger partial charge in [0.1, 0.15) is 0 Å². The zero-order chi connectivity index (χ0) is 25.1. The molecule has 0 aliphatic carbocycles. The van der Waals surface area contributed by atoms with Crippen LogP contribution in [0.25, 0.3) is 10.8 Å². The summed E-state index contributed by atoms with van der Waals surface area (Å²) in [5.41, 5.74) is 3.65. The zero-order valence-electron chi connectivity index (χ0n) is 21.2. The van der Waals surface area contributed by atoms with Crippen molar-refractivity contribution in [1.82, 2.24) is 20.4 Å². The lowest BCUT2D eigenvalue weighted by atomic mass is 10.0. The fourth-order valence-electron chi connectivity index (χ4n) is 3.73. The Labute approximate surface area is 204 Å². The predicted octanol–water partition coefficient (Wildman–Crippen LogP) is 3.87. The first-order chi connectivity index (χ1) is 16.2. The first-order valence-electron chi connectivity index (χ1n) is 11.9. The van der Waals surface area contributed by atoms with E-state index in [1.165, 1.54) is 21.9 Å². The lowest BCUT2D eigenvalue weighted by molar-refractivity contribution is -0.118. The third-order valence-corrected chi connectivity index (χ3v) is 5.65. The second kappa shape index (κ2) is 13.7. The molecule has 0 spiro atoms. The van der Waals surface area contributed by atoms with Crippen LogP contribution in [0.15, 0.2) is 60.7 Å². The second-order valence-corrected chi connectivity index (χ2v) is 9.27. The van der Waals surface area contributed by atoms with Gasteiger partial charge < -0.3 is 20.4 Å². The Morgan fingerprint density at radius 3 is 1.47 bits per heavy atom. The molecule has 0 heterocycles. The monoisotopic (exact) mass is 464 g/mol. The molecule has 2 rings (SSSR count). The van der Waals surface area contributed by atoms with Crippen LogP contribution in [-0.4, -0.2) is 61.9 Å². The number of nitrogens with zero attached hydrogens (tertiary/aromatic N) is 2. The second-order valence-electron chi connectivity index (χ2n) is 9.27. The summed E-state index contributed by atoms with van der Waals surface area (Å²) < 4.78 is 0. The molecule has 2 aromatic carbocycles. The normalized spacial score (nSPS) is 11.1. The van der Waals surface area contributed by atoms with Crippen LogP contribution in [0.2, 0.25) is 0 Å². The van der Waals surface area contributed by atoms with Gasteiger partial charge in [0, 0.05) is 37.3 Å². The van der Waals surface area contributed by atoms with Gasteiger partial charge in [-0.05, 0) is 87.9 Å². The average molecular weight is 465 g/mol. The molecule has 184 valence electrons. The molecule has 6 nitrogen and oxygen atoms in total. The van der Waals surface area contributed by atoms with E-state index in [4.69, 9.17) is 0 Å². The Bertz CT molecular complexity index is 933. The molecule has 6 heteroatoms. The average Bonchev–Trinajstić information content (AvgIpc) is 2.79. The van der Waals surface area contributed by atoms with E-state index in [2.05, 4.69) is 84.1 Å². The third kappa shape index (κ3) is 9.49.